The zero-order chi connectivity index (χ0) is 11.5. The Morgan fingerprint density at radius 1 is 1.38 bits per heavy atom. The van der Waals surface area contributed by atoms with Crippen LogP contribution in [-0.4, -0.2) is 20.9 Å². The Labute approximate surface area is 104 Å². The molecule has 0 spiro atoms. The molecule has 0 N–H and O–H groups in total. The molecule has 2 aromatic rings. The molecule has 0 saturated heterocycles. The van der Waals surface area contributed by atoms with Crippen molar-refractivity contribution in [2.45, 2.75) is 13.3 Å². The largest absolute Gasteiger partial charge is 0.220 e. The standard InChI is InChI=1S/C11H11Cl2N3/c1-8-10(13)3-2-4-11(8)16-7-9(5-6-12)14-15-16/h2-4,7H,5-6H2,1H3. The summed E-state index contributed by atoms with van der Waals surface area (Å²) in [6, 6.07) is 5.71. The van der Waals surface area contributed by atoms with Crippen LogP contribution in [0.5, 0.6) is 0 Å². The minimum absolute atomic E-state index is 0.549. The van der Waals surface area contributed by atoms with Gasteiger partial charge in [0.25, 0.3) is 0 Å². The van der Waals surface area contributed by atoms with Gasteiger partial charge in [-0.05, 0) is 24.6 Å². The summed E-state index contributed by atoms with van der Waals surface area (Å²) in [5.41, 5.74) is 2.82. The summed E-state index contributed by atoms with van der Waals surface area (Å²) in [5, 5.41) is 8.82. The van der Waals surface area contributed by atoms with Crippen LogP contribution in [0.2, 0.25) is 5.02 Å². The zero-order valence-electron chi connectivity index (χ0n) is 8.82. The third-order valence-corrected chi connectivity index (χ3v) is 2.98. The molecule has 0 unspecified atom stereocenters. The summed E-state index contributed by atoms with van der Waals surface area (Å²) in [7, 11) is 0. The molecule has 1 aromatic carbocycles. The van der Waals surface area contributed by atoms with Crippen molar-refractivity contribution in [2.24, 2.45) is 0 Å². The highest BCUT2D eigenvalue weighted by Gasteiger charge is 2.06. The Hall–Kier alpha value is -1.06. The summed E-state index contributed by atoms with van der Waals surface area (Å²) < 4.78 is 1.73. The van der Waals surface area contributed by atoms with Crippen molar-refractivity contribution in [3.05, 3.63) is 40.7 Å². The first-order chi connectivity index (χ1) is 7.72. The molecule has 2 rings (SSSR count). The van der Waals surface area contributed by atoms with E-state index in [1.54, 1.807) is 4.68 Å². The number of benzene rings is 1. The van der Waals surface area contributed by atoms with Gasteiger partial charge in [0, 0.05) is 17.3 Å². The highest BCUT2D eigenvalue weighted by Crippen LogP contribution is 2.21. The molecule has 5 heteroatoms. The molecular formula is C11H11Cl2N3. The Bertz CT molecular complexity index is 494. The third-order valence-electron chi connectivity index (χ3n) is 2.38. The van der Waals surface area contributed by atoms with Crippen molar-refractivity contribution >= 4 is 23.2 Å². The van der Waals surface area contributed by atoms with Crippen LogP contribution < -0.4 is 0 Å². The lowest BCUT2D eigenvalue weighted by atomic mass is 10.2. The summed E-state index contributed by atoms with van der Waals surface area (Å²) in [5.74, 6) is 0.549. The van der Waals surface area contributed by atoms with E-state index in [1.807, 2.05) is 31.3 Å². The average Bonchev–Trinajstić information content (AvgIpc) is 2.71. The molecule has 0 atom stereocenters. The predicted octanol–water partition coefficient (Wildman–Crippen LogP) is 3.01. The SMILES string of the molecule is Cc1c(Cl)cccc1-n1cc(CCCl)nn1. The van der Waals surface area contributed by atoms with Crippen molar-refractivity contribution in [1.82, 2.24) is 15.0 Å². The van der Waals surface area contributed by atoms with Crippen LogP contribution in [-0.2, 0) is 6.42 Å². The number of aromatic nitrogens is 3. The van der Waals surface area contributed by atoms with Crippen molar-refractivity contribution in [3.8, 4) is 5.69 Å². The van der Waals surface area contributed by atoms with Crippen LogP contribution >= 0.6 is 23.2 Å². The second-order valence-corrected chi connectivity index (χ2v) is 4.26. The van der Waals surface area contributed by atoms with Gasteiger partial charge in [0.1, 0.15) is 0 Å². The van der Waals surface area contributed by atoms with Gasteiger partial charge in [0.05, 0.1) is 17.6 Å². The summed E-state index contributed by atoms with van der Waals surface area (Å²) in [6.45, 7) is 1.96. The molecule has 16 heavy (non-hydrogen) atoms. The molecule has 0 fully saturated rings. The predicted molar refractivity (Wildman–Crippen MR) is 65.5 cm³/mol. The van der Waals surface area contributed by atoms with Crippen molar-refractivity contribution < 1.29 is 0 Å². The monoisotopic (exact) mass is 255 g/mol. The molecule has 0 amide bonds. The van der Waals surface area contributed by atoms with Crippen LogP contribution in [0.25, 0.3) is 5.69 Å². The molecule has 0 aliphatic heterocycles. The van der Waals surface area contributed by atoms with Crippen LogP contribution in [0.15, 0.2) is 24.4 Å². The summed E-state index contributed by atoms with van der Waals surface area (Å²) >= 11 is 11.7. The Morgan fingerprint density at radius 3 is 2.94 bits per heavy atom. The zero-order valence-corrected chi connectivity index (χ0v) is 10.3. The van der Waals surface area contributed by atoms with E-state index in [0.29, 0.717) is 5.88 Å². The molecule has 0 aliphatic rings. The number of nitrogens with zero attached hydrogens (tertiary/aromatic N) is 3. The van der Waals surface area contributed by atoms with Gasteiger partial charge in [-0.1, -0.05) is 22.9 Å². The molecule has 1 heterocycles. The van der Waals surface area contributed by atoms with Gasteiger partial charge < -0.3 is 0 Å². The smallest absolute Gasteiger partial charge is 0.0843 e. The van der Waals surface area contributed by atoms with Gasteiger partial charge in [-0.15, -0.1) is 16.7 Å². The minimum atomic E-state index is 0.549. The van der Waals surface area contributed by atoms with Crippen molar-refractivity contribution in [2.75, 3.05) is 5.88 Å². The van der Waals surface area contributed by atoms with E-state index >= 15 is 0 Å². The lowest BCUT2D eigenvalue weighted by Gasteiger charge is -2.05. The topological polar surface area (TPSA) is 30.7 Å². The molecule has 84 valence electrons. The van der Waals surface area contributed by atoms with Gasteiger partial charge in [-0.25, -0.2) is 4.68 Å². The van der Waals surface area contributed by atoms with Gasteiger partial charge in [-0.3, -0.25) is 0 Å². The average molecular weight is 256 g/mol. The van der Waals surface area contributed by atoms with E-state index in [0.717, 1.165) is 28.4 Å². The van der Waals surface area contributed by atoms with E-state index in [1.165, 1.54) is 0 Å². The maximum atomic E-state index is 6.05. The number of rotatable bonds is 3. The lowest BCUT2D eigenvalue weighted by molar-refractivity contribution is 0.794. The highest BCUT2D eigenvalue weighted by molar-refractivity contribution is 6.31. The van der Waals surface area contributed by atoms with E-state index in [2.05, 4.69) is 10.3 Å². The maximum Gasteiger partial charge on any atom is 0.0843 e. The van der Waals surface area contributed by atoms with Crippen molar-refractivity contribution in [1.29, 1.82) is 0 Å². The molecule has 0 bridgehead atoms. The minimum Gasteiger partial charge on any atom is -0.220 e. The van der Waals surface area contributed by atoms with Gasteiger partial charge in [-0.2, -0.15) is 0 Å². The highest BCUT2D eigenvalue weighted by atomic mass is 35.5. The van der Waals surface area contributed by atoms with Crippen LogP contribution in [0.4, 0.5) is 0 Å². The molecule has 1 aromatic heterocycles. The first kappa shape index (κ1) is 11.4. The van der Waals surface area contributed by atoms with Crippen molar-refractivity contribution in [3.63, 3.8) is 0 Å². The Morgan fingerprint density at radius 2 is 2.19 bits per heavy atom. The van der Waals surface area contributed by atoms with Gasteiger partial charge >= 0.3 is 0 Å². The number of hydrogen-bond donors (Lipinski definition) is 0. The fourth-order valence-electron chi connectivity index (χ4n) is 1.47. The quantitative estimate of drug-likeness (QED) is 0.790. The molecule has 0 aliphatic carbocycles. The number of halogens is 2. The molecule has 3 nitrogen and oxygen atoms in total. The molecule has 0 saturated carbocycles. The normalized spacial score (nSPS) is 10.7. The number of hydrogen-bond acceptors (Lipinski definition) is 2. The molecule has 0 radical (unpaired) electrons. The Balaban J connectivity index is 2.39. The van der Waals surface area contributed by atoms with Gasteiger partial charge in [0.15, 0.2) is 0 Å². The summed E-state index contributed by atoms with van der Waals surface area (Å²) in [6.07, 6.45) is 2.60. The van der Waals surface area contributed by atoms with Crippen LogP contribution in [0.1, 0.15) is 11.3 Å². The number of alkyl halides is 1. The van der Waals surface area contributed by atoms with E-state index < -0.39 is 0 Å². The summed E-state index contributed by atoms with van der Waals surface area (Å²) in [4.78, 5) is 0. The van der Waals surface area contributed by atoms with E-state index in [9.17, 15) is 0 Å². The fraction of sp³-hybridized carbons (Fsp3) is 0.273. The third kappa shape index (κ3) is 2.20. The number of aryl methyl sites for hydroxylation is 1. The molecular weight excluding hydrogens is 245 g/mol. The van der Waals surface area contributed by atoms with Gasteiger partial charge in [0.2, 0.25) is 0 Å². The first-order valence-electron chi connectivity index (χ1n) is 4.95. The van der Waals surface area contributed by atoms with Crippen LogP contribution in [0.3, 0.4) is 0 Å². The van der Waals surface area contributed by atoms with Crippen LogP contribution in [0, 0.1) is 6.92 Å². The van der Waals surface area contributed by atoms with E-state index in [4.69, 9.17) is 23.2 Å². The second kappa shape index (κ2) is 4.85. The van der Waals surface area contributed by atoms with E-state index in [-0.39, 0.29) is 0 Å². The fourth-order valence-corrected chi connectivity index (χ4v) is 1.83. The second-order valence-electron chi connectivity index (χ2n) is 3.48. The Kier molecular flexibility index (Phi) is 3.46. The lowest BCUT2D eigenvalue weighted by Crippen LogP contribution is -1.98. The first-order valence-corrected chi connectivity index (χ1v) is 5.86. The maximum absolute atomic E-state index is 6.05.